The Morgan fingerprint density at radius 3 is 2.48 bits per heavy atom. The maximum atomic E-state index is 13.0. The number of halogens is 1. The molecule has 2 aromatic rings. The number of allylic oxidation sites excluding steroid dienone is 3. The molecule has 0 radical (unpaired) electrons. The molecule has 0 aliphatic carbocycles. The van der Waals surface area contributed by atoms with Gasteiger partial charge in [-0.05, 0) is 35.4 Å². The van der Waals surface area contributed by atoms with Crippen molar-refractivity contribution in [1.82, 2.24) is 15.3 Å². The molecular formula is C16H13FN4O2. The van der Waals surface area contributed by atoms with E-state index in [0.29, 0.717) is 11.9 Å². The van der Waals surface area contributed by atoms with Gasteiger partial charge in [-0.15, -0.1) is 0 Å². The molecule has 0 aromatic carbocycles. The molecule has 2 rings (SSSR count). The van der Waals surface area contributed by atoms with E-state index >= 15 is 0 Å². The van der Waals surface area contributed by atoms with Gasteiger partial charge in [0.1, 0.15) is 0 Å². The van der Waals surface area contributed by atoms with E-state index in [2.05, 4.69) is 15.3 Å². The number of aldehydes is 1. The summed E-state index contributed by atoms with van der Waals surface area (Å²) in [7, 11) is 0. The Labute approximate surface area is 131 Å². The van der Waals surface area contributed by atoms with Crippen LogP contribution in [-0.4, -0.2) is 22.2 Å². The number of rotatable bonds is 5. The lowest BCUT2D eigenvalue weighted by molar-refractivity contribution is -0.105. The molecule has 1 amide bonds. The molecule has 0 saturated carbocycles. The zero-order chi connectivity index (χ0) is 16.7. The molecule has 6 nitrogen and oxygen atoms in total. The number of carbonyl (C=O) groups excluding carboxylic acids is 2. The Kier molecular flexibility index (Phi) is 5.30. The summed E-state index contributed by atoms with van der Waals surface area (Å²) >= 11 is 0. The standard InChI is InChI=1S/C16H13FN4O2/c17-15-8-12(3-6-20-15)16(23)21-14(10-22)7-13(9-18)11-1-4-19-5-2-11/h1-10H,18H2,(H,21,23)/b13-9+,14-7+. The van der Waals surface area contributed by atoms with E-state index in [0.717, 1.165) is 17.8 Å². The quantitative estimate of drug-likeness (QED) is 0.377. The van der Waals surface area contributed by atoms with Crippen molar-refractivity contribution in [1.29, 1.82) is 0 Å². The summed E-state index contributed by atoms with van der Waals surface area (Å²) < 4.78 is 13.0. The van der Waals surface area contributed by atoms with Crippen LogP contribution in [-0.2, 0) is 4.79 Å². The van der Waals surface area contributed by atoms with E-state index in [9.17, 15) is 14.0 Å². The molecule has 7 heteroatoms. The van der Waals surface area contributed by atoms with Gasteiger partial charge in [0.05, 0.1) is 5.70 Å². The largest absolute Gasteiger partial charge is 0.404 e. The fraction of sp³-hybridized carbons (Fsp3) is 0. The second kappa shape index (κ2) is 7.60. The second-order valence-electron chi connectivity index (χ2n) is 4.40. The molecule has 0 spiro atoms. The first-order chi connectivity index (χ1) is 11.1. The Morgan fingerprint density at radius 2 is 1.87 bits per heavy atom. The van der Waals surface area contributed by atoms with Crippen LogP contribution in [0.3, 0.4) is 0 Å². The van der Waals surface area contributed by atoms with Crippen molar-refractivity contribution >= 4 is 17.8 Å². The highest BCUT2D eigenvalue weighted by atomic mass is 19.1. The number of hydrogen-bond donors (Lipinski definition) is 2. The number of hydrogen-bond acceptors (Lipinski definition) is 5. The van der Waals surface area contributed by atoms with Crippen LogP contribution < -0.4 is 11.1 Å². The number of amides is 1. The predicted molar refractivity (Wildman–Crippen MR) is 82.2 cm³/mol. The summed E-state index contributed by atoms with van der Waals surface area (Å²) in [4.78, 5) is 30.4. The molecule has 0 aliphatic rings. The zero-order valence-electron chi connectivity index (χ0n) is 11.9. The molecule has 0 fully saturated rings. The van der Waals surface area contributed by atoms with Crippen molar-refractivity contribution in [3.63, 3.8) is 0 Å². The maximum absolute atomic E-state index is 13.0. The minimum absolute atomic E-state index is 0.0132. The van der Waals surface area contributed by atoms with Gasteiger partial charge in [0.25, 0.3) is 5.91 Å². The van der Waals surface area contributed by atoms with Crippen molar-refractivity contribution in [3.05, 3.63) is 77.9 Å². The van der Waals surface area contributed by atoms with Gasteiger partial charge in [-0.3, -0.25) is 14.6 Å². The minimum Gasteiger partial charge on any atom is -0.404 e. The number of pyridine rings is 2. The van der Waals surface area contributed by atoms with Gasteiger partial charge in [0.15, 0.2) is 6.29 Å². The lowest BCUT2D eigenvalue weighted by Gasteiger charge is -2.06. The van der Waals surface area contributed by atoms with Gasteiger partial charge < -0.3 is 11.1 Å². The third-order valence-corrected chi connectivity index (χ3v) is 2.88. The smallest absolute Gasteiger partial charge is 0.255 e. The summed E-state index contributed by atoms with van der Waals surface area (Å²) in [5.41, 5.74) is 6.84. The molecule has 0 aliphatic heterocycles. The van der Waals surface area contributed by atoms with Crippen LogP contribution in [0.15, 0.2) is 60.8 Å². The van der Waals surface area contributed by atoms with Gasteiger partial charge in [-0.1, -0.05) is 0 Å². The summed E-state index contributed by atoms with van der Waals surface area (Å²) in [5, 5.41) is 2.39. The van der Waals surface area contributed by atoms with Crippen LogP contribution in [0.2, 0.25) is 0 Å². The summed E-state index contributed by atoms with van der Waals surface area (Å²) in [6.45, 7) is 0. The van der Waals surface area contributed by atoms with Crippen LogP contribution in [0.25, 0.3) is 5.57 Å². The molecule has 0 atom stereocenters. The summed E-state index contributed by atoms with van der Waals surface area (Å²) in [6.07, 6.45) is 7.50. The second-order valence-corrected chi connectivity index (χ2v) is 4.40. The molecule has 0 saturated heterocycles. The van der Waals surface area contributed by atoms with Gasteiger partial charge in [0.2, 0.25) is 5.95 Å². The zero-order valence-corrected chi connectivity index (χ0v) is 11.9. The monoisotopic (exact) mass is 312 g/mol. The van der Waals surface area contributed by atoms with Crippen molar-refractivity contribution in [2.45, 2.75) is 0 Å². The molecule has 2 heterocycles. The van der Waals surface area contributed by atoms with E-state index in [1.807, 2.05) is 0 Å². The lowest BCUT2D eigenvalue weighted by Crippen LogP contribution is -2.23. The Balaban J connectivity index is 2.22. The Morgan fingerprint density at radius 1 is 1.17 bits per heavy atom. The van der Waals surface area contributed by atoms with E-state index in [1.165, 1.54) is 18.3 Å². The number of nitrogens with one attached hydrogen (secondary N) is 1. The van der Waals surface area contributed by atoms with Crippen molar-refractivity contribution in [2.24, 2.45) is 5.73 Å². The highest BCUT2D eigenvalue weighted by molar-refractivity contribution is 5.99. The third-order valence-electron chi connectivity index (χ3n) is 2.88. The first kappa shape index (κ1) is 16.0. The first-order valence-corrected chi connectivity index (χ1v) is 6.56. The molecule has 116 valence electrons. The summed E-state index contributed by atoms with van der Waals surface area (Å²) in [6, 6.07) is 5.72. The molecule has 23 heavy (non-hydrogen) atoms. The summed E-state index contributed by atoms with van der Waals surface area (Å²) in [5.74, 6) is -1.41. The van der Waals surface area contributed by atoms with Gasteiger partial charge in [-0.25, -0.2) is 4.98 Å². The predicted octanol–water partition coefficient (Wildman–Crippen LogP) is 1.43. The molecule has 0 unspecified atom stereocenters. The number of nitrogens with zero attached hydrogens (tertiary/aromatic N) is 2. The van der Waals surface area contributed by atoms with Crippen LogP contribution in [0.4, 0.5) is 4.39 Å². The van der Waals surface area contributed by atoms with E-state index in [4.69, 9.17) is 5.73 Å². The first-order valence-electron chi connectivity index (χ1n) is 6.56. The number of carbonyl (C=O) groups is 2. The van der Waals surface area contributed by atoms with Gasteiger partial charge >= 0.3 is 0 Å². The van der Waals surface area contributed by atoms with Crippen molar-refractivity contribution in [2.75, 3.05) is 0 Å². The highest BCUT2D eigenvalue weighted by Crippen LogP contribution is 2.14. The van der Waals surface area contributed by atoms with Crippen LogP contribution in [0.1, 0.15) is 15.9 Å². The van der Waals surface area contributed by atoms with E-state index in [-0.39, 0.29) is 11.3 Å². The SMILES string of the molecule is N/C=C(\C=C(/C=O)NC(=O)c1ccnc(F)c1)c1ccncc1. The number of nitrogens with two attached hydrogens (primary N) is 1. The van der Waals surface area contributed by atoms with Gasteiger partial charge in [0, 0.05) is 36.4 Å². The Hall–Kier alpha value is -3.35. The van der Waals surface area contributed by atoms with Crippen LogP contribution in [0, 0.1) is 5.95 Å². The molecule has 3 N–H and O–H groups in total. The average molecular weight is 312 g/mol. The van der Waals surface area contributed by atoms with Crippen LogP contribution in [0.5, 0.6) is 0 Å². The molecule has 0 bridgehead atoms. The van der Waals surface area contributed by atoms with E-state index in [1.54, 1.807) is 24.5 Å². The van der Waals surface area contributed by atoms with Crippen LogP contribution >= 0.6 is 0 Å². The van der Waals surface area contributed by atoms with Crippen molar-refractivity contribution < 1.29 is 14.0 Å². The van der Waals surface area contributed by atoms with Gasteiger partial charge in [-0.2, -0.15) is 4.39 Å². The minimum atomic E-state index is -0.784. The van der Waals surface area contributed by atoms with E-state index < -0.39 is 11.9 Å². The normalized spacial score (nSPS) is 11.9. The average Bonchev–Trinajstić information content (AvgIpc) is 2.59. The highest BCUT2D eigenvalue weighted by Gasteiger charge is 2.09. The fourth-order valence-corrected chi connectivity index (χ4v) is 1.79. The lowest BCUT2D eigenvalue weighted by atomic mass is 10.1. The Bertz CT molecular complexity index is 773. The topological polar surface area (TPSA) is 98.0 Å². The third kappa shape index (κ3) is 4.31. The maximum Gasteiger partial charge on any atom is 0.255 e. The fourth-order valence-electron chi connectivity index (χ4n) is 1.79. The molecular weight excluding hydrogens is 299 g/mol. The number of aromatic nitrogens is 2. The van der Waals surface area contributed by atoms with Crippen molar-refractivity contribution in [3.8, 4) is 0 Å². The molecule has 2 aromatic heterocycles.